The molecule has 1 aliphatic rings. The van der Waals surface area contributed by atoms with Crippen molar-refractivity contribution in [3.05, 3.63) is 12.2 Å². The van der Waals surface area contributed by atoms with Crippen molar-refractivity contribution < 1.29 is 19.8 Å². The molecule has 162 valence electrons. The predicted molar refractivity (Wildman–Crippen MR) is 114 cm³/mol. The maximum absolute atomic E-state index is 12.2. The van der Waals surface area contributed by atoms with Gasteiger partial charge in [-0.2, -0.15) is 0 Å². The molecule has 1 aliphatic carbocycles. The highest BCUT2D eigenvalue weighted by molar-refractivity contribution is 5.83. The van der Waals surface area contributed by atoms with Crippen LogP contribution in [-0.2, 0) is 9.59 Å². The maximum atomic E-state index is 12.2. The fourth-order valence-corrected chi connectivity index (χ4v) is 4.21. The second kappa shape index (κ2) is 15.7. The molecule has 0 aromatic heterocycles. The monoisotopic (exact) mass is 394 g/mol. The van der Waals surface area contributed by atoms with Crippen LogP contribution >= 0.6 is 0 Å². The van der Waals surface area contributed by atoms with Gasteiger partial charge in [-0.25, -0.2) is 0 Å². The summed E-state index contributed by atoms with van der Waals surface area (Å²) >= 11 is 0. The number of ketones is 1. The number of unbranched alkanes of at least 4 members (excludes halogenated alkanes) is 9. The van der Waals surface area contributed by atoms with Crippen molar-refractivity contribution in [2.24, 2.45) is 11.8 Å². The van der Waals surface area contributed by atoms with E-state index in [9.17, 15) is 14.7 Å². The SMILES string of the molecule is CCCCC[C@@H](O)/C=C/[C@H]1CCC(=O)[C@@H]1CCCCCCCCCCC(=O)O. The lowest BCUT2D eigenvalue weighted by Crippen LogP contribution is -2.14. The summed E-state index contributed by atoms with van der Waals surface area (Å²) in [6.07, 6.45) is 19.6. The molecule has 0 bridgehead atoms. The van der Waals surface area contributed by atoms with Gasteiger partial charge in [0.2, 0.25) is 0 Å². The Kier molecular flexibility index (Phi) is 14.0. The van der Waals surface area contributed by atoms with E-state index in [2.05, 4.69) is 13.0 Å². The van der Waals surface area contributed by atoms with Crippen molar-refractivity contribution in [3.63, 3.8) is 0 Å². The van der Waals surface area contributed by atoms with Gasteiger partial charge >= 0.3 is 5.97 Å². The zero-order valence-corrected chi connectivity index (χ0v) is 17.9. The van der Waals surface area contributed by atoms with Crippen molar-refractivity contribution in [3.8, 4) is 0 Å². The first-order valence-electron chi connectivity index (χ1n) is 11.7. The van der Waals surface area contributed by atoms with E-state index < -0.39 is 5.97 Å². The molecular formula is C24H42O4. The number of hydrogen-bond acceptors (Lipinski definition) is 3. The van der Waals surface area contributed by atoms with Crippen LogP contribution in [0.25, 0.3) is 0 Å². The van der Waals surface area contributed by atoms with E-state index in [4.69, 9.17) is 5.11 Å². The Bertz CT molecular complexity index is 458. The van der Waals surface area contributed by atoms with Crippen LogP contribution in [0, 0.1) is 11.8 Å². The van der Waals surface area contributed by atoms with Gasteiger partial charge < -0.3 is 10.2 Å². The van der Waals surface area contributed by atoms with E-state index in [1.54, 1.807) is 0 Å². The quantitative estimate of drug-likeness (QED) is 0.232. The van der Waals surface area contributed by atoms with Crippen LogP contribution in [0.1, 0.15) is 110 Å². The summed E-state index contributed by atoms with van der Waals surface area (Å²) in [5.74, 6) is 0.201. The number of Topliss-reactive ketones (excluding diaryl/α,β-unsaturated/α-hetero) is 1. The highest BCUT2D eigenvalue weighted by Gasteiger charge is 2.32. The molecule has 0 saturated heterocycles. The molecule has 1 rings (SSSR count). The Morgan fingerprint density at radius 3 is 2.32 bits per heavy atom. The van der Waals surface area contributed by atoms with Gasteiger partial charge in [-0.05, 0) is 31.6 Å². The highest BCUT2D eigenvalue weighted by Crippen LogP contribution is 2.34. The van der Waals surface area contributed by atoms with Crippen molar-refractivity contribution >= 4 is 11.8 Å². The van der Waals surface area contributed by atoms with Crippen molar-refractivity contribution in [2.45, 2.75) is 116 Å². The molecule has 4 nitrogen and oxygen atoms in total. The normalized spacial score (nSPS) is 20.9. The number of carboxylic acid groups (broad SMARTS) is 1. The number of carboxylic acids is 1. The van der Waals surface area contributed by atoms with Crippen LogP contribution < -0.4 is 0 Å². The van der Waals surface area contributed by atoms with Crippen molar-refractivity contribution in [1.82, 2.24) is 0 Å². The molecule has 1 saturated carbocycles. The molecule has 28 heavy (non-hydrogen) atoms. The summed E-state index contributed by atoms with van der Waals surface area (Å²) in [6.45, 7) is 2.17. The molecule has 0 amide bonds. The molecular weight excluding hydrogens is 352 g/mol. The lowest BCUT2D eigenvalue weighted by Gasteiger charge is -2.15. The highest BCUT2D eigenvalue weighted by atomic mass is 16.4. The average Bonchev–Trinajstić information content (AvgIpc) is 3.01. The smallest absolute Gasteiger partial charge is 0.303 e. The predicted octanol–water partition coefficient (Wildman–Crippen LogP) is 6.06. The fraction of sp³-hybridized carbons (Fsp3) is 0.833. The Balaban J connectivity index is 2.12. The molecule has 0 heterocycles. The number of allylic oxidation sites excluding steroid dienone is 1. The third-order valence-corrected chi connectivity index (χ3v) is 5.99. The van der Waals surface area contributed by atoms with Crippen LogP contribution in [0.2, 0.25) is 0 Å². The first-order chi connectivity index (χ1) is 13.5. The summed E-state index contributed by atoms with van der Waals surface area (Å²) in [5, 5.41) is 18.7. The van der Waals surface area contributed by atoms with Gasteiger partial charge in [0.05, 0.1) is 6.10 Å². The second-order valence-corrected chi connectivity index (χ2v) is 8.48. The van der Waals surface area contributed by atoms with Crippen LogP contribution in [0.5, 0.6) is 0 Å². The molecule has 0 aromatic carbocycles. The van der Waals surface area contributed by atoms with Gasteiger partial charge in [0.25, 0.3) is 0 Å². The van der Waals surface area contributed by atoms with E-state index in [1.807, 2.05) is 6.08 Å². The third-order valence-electron chi connectivity index (χ3n) is 5.99. The topological polar surface area (TPSA) is 74.6 Å². The molecule has 1 fully saturated rings. The number of aliphatic carboxylic acids is 1. The second-order valence-electron chi connectivity index (χ2n) is 8.48. The Labute approximate surface area is 171 Å². The number of hydrogen-bond donors (Lipinski definition) is 2. The van der Waals surface area contributed by atoms with Crippen molar-refractivity contribution in [1.29, 1.82) is 0 Å². The summed E-state index contributed by atoms with van der Waals surface area (Å²) in [7, 11) is 0. The third kappa shape index (κ3) is 11.6. The Morgan fingerprint density at radius 1 is 1.04 bits per heavy atom. The first kappa shape index (κ1) is 24.9. The summed E-state index contributed by atoms with van der Waals surface area (Å²) in [4.78, 5) is 22.7. The molecule has 0 radical (unpaired) electrons. The lowest BCUT2D eigenvalue weighted by atomic mass is 9.89. The Morgan fingerprint density at radius 2 is 1.68 bits per heavy atom. The standard InChI is InChI=1S/C24H42O4/c1-2-3-10-13-21(25)18-16-20-17-19-23(26)22(20)14-11-8-6-4-5-7-9-12-15-24(27)28/h16,18,20-22,25H,2-15,17,19H2,1H3,(H,27,28)/b18-16+/t20-,21+,22+/m0/s1. The van der Waals surface area contributed by atoms with Crippen LogP contribution in [-0.4, -0.2) is 28.1 Å². The van der Waals surface area contributed by atoms with Gasteiger partial charge in [0.15, 0.2) is 0 Å². The van der Waals surface area contributed by atoms with Gasteiger partial charge in [-0.1, -0.05) is 83.3 Å². The Hall–Kier alpha value is -1.16. The molecule has 0 spiro atoms. The minimum Gasteiger partial charge on any atom is -0.481 e. The van der Waals surface area contributed by atoms with Crippen LogP contribution in [0.15, 0.2) is 12.2 Å². The van der Waals surface area contributed by atoms with Crippen LogP contribution in [0.3, 0.4) is 0 Å². The zero-order valence-electron chi connectivity index (χ0n) is 17.9. The average molecular weight is 395 g/mol. The first-order valence-corrected chi connectivity index (χ1v) is 11.7. The number of rotatable bonds is 17. The largest absolute Gasteiger partial charge is 0.481 e. The lowest BCUT2D eigenvalue weighted by molar-refractivity contribution is -0.137. The summed E-state index contributed by atoms with van der Waals surface area (Å²) < 4.78 is 0. The zero-order chi connectivity index (χ0) is 20.6. The van der Waals surface area contributed by atoms with E-state index >= 15 is 0 Å². The molecule has 4 heteroatoms. The molecule has 0 unspecified atom stereocenters. The summed E-state index contributed by atoms with van der Waals surface area (Å²) in [5.41, 5.74) is 0. The minimum atomic E-state index is -0.694. The van der Waals surface area contributed by atoms with E-state index in [1.165, 1.54) is 32.1 Å². The minimum absolute atomic E-state index is 0.162. The number of carbonyl (C=O) groups is 2. The van der Waals surface area contributed by atoms with E-state index in [0.717, 1.165) is 57.8 Å². The summed E-state index contributed by atoms with van der Waals surface area (Å²) in [6, 6.07) is 0. The molecule has 0 aromatic rings. The van der Waals surface area contributed by atoms with E-state index in [-0.39, 0.29) is 12.0 Å². The van der Waals surface area contributed by atoms with Gasteiger partial charge in [0, 0.05) is 18.8 Å². The van der Waals surface area contributed by atoms with Crippen LogP contribution in [0.4, 0.5) is 0 Å². The molecule has 3 atom stereocenters. The van der Waals surface area contributed by atoms with E-state index in [0.29, 0.717) is 24.5 Å². The van der Waals surface area contributed by atoms with Gasteiger partial charge in [0.1, 0.15) is 5.78 Å². The van der Waals surface area contributed by atoms with Crippen molar-refractivity contribution in [2.75, 3.05) is 0 Å². The van der Waals surface area contributed by atoms with Gasteiger partial charge in [-0.3, -0.25) is 9.59 Å². The number of carbonyl (C=O) groups excluding carboxylic acids is 1. The number of aliphatic hydroxyl groups is 1. The molecule has 2 N–H and O–H groups in total. The maximum Gasteiger partial charge on any atom is 0.303 e. The van der Waals surface area contributed by atoms with Gasteiger partial charge in [-0.15, -0.1) is 0 Å². The molecule has 0 aliphatic heterocycles. The fourth-order valence-electron chi connectivity index (χ4n) is 4.21. The number of aliphatic hydroxyl groups excluding tert-OH is 1.